The van der Waals surface area contributed by atoms with Crippen LogP contribution in [-0.2, 0) is 35.0 Å². The maximum absolute atomic E-state index is 14.4. The number of alkyl halides is 6. The number of epoxide rings is 2. The predicted octanol–water partition coefficient (Wildman–Crippen LogP) is 7.50. The normalized spacial score (nSPS) is 17.7. The van der Waals surface area contributed by atoms with E-state index in [0.29, 0.717) is 38.2 Å². The van der Waals surface area contributed by atoms with E-state index in [0.717, 1.165) is 12.1 Å². The van der Waals surface area contributed by atoms with Crippen LogP contribution < -0.4 is 18.9 Å². The molecule has 0 spiro atoms. The van der Waals surface area contributed by atoms with Crippen molar-refractivity contribution < 1.29 is 63.5 Å². The summed E-state index contributed by atoms with van der Waals surface area (Å²) >= 11 is 0. The molecule has 0 aliphatic carbocycles. The maximum Gasteiger partial charge on any atom is 0.420 e. The number of hydrogen-bond donors (Lipinski definition) is 0. The van der Waals surface area contributed by atoms with Crippen LogP contribution >= 0.6 is 0 Å². The maximum atomic E-state index is 14.4. The summed E-state index contributed by atoms with van der Waals surface area (Å²) in [5, 5.41) is 0. The number of hydrogen-bond acceptors (Lipinski definition) is 6. The summed E-state index contributed by atoms with van der Waals surface area (Å²) in [4.78, 5) is 0. The van der Waals surface area contributed by atoms with Gasteiger partial charge in [0.15, 0.2) is 23.1 Å². The highest BCUT2D eigenvalue weighted by Gasteiger charge is 2.48. The van der Waals surface area contributed by atoms with Gasteiger partial charge < -0.3 is 28.4 Å². The minimum Gasteiger partial charge on any atom is -0.490 e. The third-order valence-electron chi connectivity index (χ3n) is 6.68. The van der Waals surface area contributed by atoms with E-state index in [9.17, 15) is 35.1 Å². The molecule has 3 aromatic carbocycles. The predicted molar refractivity (Wildman–Crippen MR) is 138 cm³/mol. The van der Waals surface area contributed by atoms with Crippen LogP contribution in [-0.4, -0.2) is 38.6 Å². The zero-order valence-corrected chi connectivity index (χ0v) is 22.9. The summed E-state index contributed by atoms with van der Waals surface area (Å²) < 4.78 is 144. The molecule has 14 heteroatoms. The first-order valence-corrected chi connectivity index (χ1v) is 13.5. The van der Waals surface area contributed by atoms with E-state index in [1.807, 2.05) is 0 Å². The monoisotopic (exact) mass is 634 g/mol. The van der Waals surface area contributed by atoms with E-state index in [1.165, 1.54) is 24.3 Å². The van der Waals surface area contributed by atoms with Crippen molar-refractivity contribution in [1.82, 2.24) is 0 Å². The molecule has 2 heterocycles. The molecule has 6 nitrogen and oxygen atoms in total. The zero-order chi connectivity index (χ0) is 31.5. The number of halogens is 8. The fourth-order valence-corrected chi connectivity index (χ4v) is 4.26. The molecule has 44 heavy (non-hydrogen) atoms. The Morgan fingerprint density at radius 3 is 1.25 bits per heavy atom. The van der Waals surface area contributed by atoms with Crippen LogP contribution in [0.3, 0.4) is 0 Å². The van der Waals surface area contributed by atoms with E-state index >= 15 is 0 Å². The second-order valence-corrected chi connectivity index (χ2v) is 10.1. The second kappa shape index (κ2) is 13.1. The first-order chi connectivity index (χ1) is 20.9. The Hall–Kier alpha value is -3.78. The SMILES string of the molecule is Fc1cc(COc2ccc(OCc3ccc(OCCC4CO4)c(F)c3)c(C(F)(F)F)c2C(F)(F)F)ccc1OCCC1CO1. The Morgan fingerprint density at radius 2 is 0.932 bits per heavy atom. The standard InChI is InChI=1S/C30H26F8O6/c31-21-11-17(1-3-23(21)39-9-7-19-15-41-19)13-43-25-5-6-26(28(30(36,37)38)27(25)29(33,34)35)44-14-18-2-4-24(22(32)12-18)40-10-8-20-16-42-20/h1-6,11-12,19-20H,7-10,13-16H2. The van der Waals surface area contributed by atoms with Gasteiger partial charge >= 0.3 is 12.4 Å². The zero-order valence-electron chi connectivity index (χ0n) is 22.9. The highest BCUT2D eigenvalue weighted by molar-refractivity contribution is 5.52. The molecule has 2 saturated heterocycles. The molecule has 238 valence electrons. The smallest absolute Gasteiger partial charge is 0.420 e. The molecular weight excluding hydrogens is 608 g/mol. The average molecular weight is 635 g/mol. The Kier molecular flexibility index (Phi) is 9.39. The van der Waals surface area contributed by atoms with Crippen molar-refractivity contribution in [3.05, 3.63) is 82.4 Å². The molecule has 0 bridgehead atoms. The lowest BCUT2D eigenvalue weighted by Crippen LogP contribution is -2.20. The van der Waals surface area contributed by atoms with E-state index in [-0.39, 0.29) is 48.0 Å². The minimum absolute atomic E-state index is 0.0534. The third-order valence-corrected chi connectivity index (χ3v) is 6.68. The van der Waals surface area contributed by atoms with Crippen molar-refractivity contribution in [2.75, 3.05) is 26.4 Å². The average Bonchev–Trinajstić information content (AvgIpc) is 3.88. The van der Waals surface area contributed by atoms with Crippen molar-refractivity contribution in [2.45, 2.75) is 50.6 Å². The van der Waals surface area contributed by atoms with Crippen LogP contribution in [0.15, 0.2) is 48.5 Å². The number of ether oxygens (including phenoxy) is 6. The van der Waals surface area contributed by atoms with Crippen LogP contribution in [0, 0.1) is 11.6 Å². The van der Waals surface area contributed by atoms with Gasteiger partial charge in [-0.05, 0) is 47.5 Å². The molecule has 0 aromatic heterocycles. The molecule has 0 N–H and O–H groups in total. The van der Waals surface area contributed by atoms with Crippen LogP contribution in [0.5, 0.6) is 23.0 Å². The highest BCUT2D eigenvalue weighted by atomic mass is 19.4. The Labute approximate surface area is 246 Å². The van der Waals surface area contributed by atoms with E-state index in [4.69, 9.17) is 28.4 Å². The topological polar surface area (TPSA) is 62.0 Å². The summed E-state index contributed by atoms with van der Waals surface area (Å²) in [6.07, 6.45) is -9.77. The van der Waals surface area contributed by atoms with Crippen molar-refractivity contribution in [2.24, 2.45) is 0 Å². The van der Waals surface area contributed by atoms with Gasteiger partial charge in [0.25, 0.3) is 0 Å². The Bertz CT molecular complexity index is 1340. The summed E-state index contributed by atoms with van der Waals surface area (Å²) in [5.74, 6) is -4.10. The van der Waals surface area contributed by atoms with Gasteiger partial charge in [0.2, 0.25) is 0 Å². The van der Waals surface area contributed by atoms with Crippen molar-refractivity contribution in [3.8, 4) is 23.0 Å². The number of benzene rings is 3. The summed E-state index contributed by atoms with van der Waals surface area (Å²) in [6.45, 7) is 0.237. The molecular formula is C30H26F8O6. The fourth-order valence-electron chi connectivity index (χ4n) is 4.26. The van der Waals surface area contributed by atoms with E-state index in [1.54, 1.807) is 0 Å². The molecule has 2 aliphatic rings. The minimum atomic E-state index is -5.51. The molecule has 0 saturated carbocycles. The van der Waals surface area contributed by atoms with Gasteiger partial charge in [-0.15, -0.1) is 0 Å². The van der Waals surface area contributed by atoms with Crippen LogP contribution in [0.2, 0.25) is 0 Å². The molecule has 5 rings (SSSR count). The van der Waals surface area contributed by atoms with Gasteiger partial charge in [0, 0.05) is 12.8 Å². The highest BCUT2D eigenvalue weighted by Crippen LogP contribution is 2.49. The van der Waals surface area contributed by atoms with Crippen molar-refractivity contribution in [3.63, 3.8) is 0 Å². The molecule has 0 radical (unpaired) electrons. The van der Waals surface area contributed by atoms with Gasteiger partial charge in [-0.3, -0.25) is 0 Å². The quantitative estimate of drug-likeness (QED) is 0.135. The third kappa shape index (κ3) is 8.44. The van der Waals surface area contributed by atoms with Gasteiger partial charge in [-0.1, -0.05) is 12.1 Å². The molecule has 2 atom stereocenters. The van der Waals surface area contributed by atoms with E-state index < -0.39 is 59.8 Å². The summed E-state index contributed by atoms with van der Waals surface area (Å²) in [6, 6.07) is 8.40. The van der Waals surface area contributed by atoms with Crippen LogP contribution in [0.25, 0.3) is 0 Å². The van der Waals surface area contributed by atoms with Crippen LogP contribution in [0.4, 0.5) is 35.1 Å². The van der Waals surface area contributed by atoms with Gasteiger partial charge in [-0.2, -0.15) is 26.3 Å². The lowest BCUT2D eigenvalue weighted by Gasteiger charge is -2.22. The molecule has 3 aromatic rings. The van der Waals surface area contributed by atoms with E-state index in [2.05, 4.69) is 0 Å². The lowest BCUT2D eigenvalue weighted by atomic mass is 10.0. The Balaban J connectivity index is 1.30. The van der Waals surface area contributed by atoms with Gasteiger partial charge in [-0.25, -0.2) is 8.78 Å². The second-order valence-electron chi connectivity index (χ2n) is 10.1. The van der Waals surface area contributed by atoms with Gasteiger partial charge in [0.1, 0.15) is 35.8 Å². The van der Waals surface area contributed by atoms with Crippen molar-refractivity contribution in [1.29, 1.82) is 0 Å². The molecule has 0 amide bonds. The summed E-state index contributed by atoms with van der Waals surface area (Å²) in [7, 11) is 0. The molecule has 2 fully saturated rings. The molecule has 2 unspecified atom stereocenters. The molecule has 2 aliphatic heterocycles. The first kappa shape index (κ1) is 31.6. The fraction of sp³-hybridized carbons (Fsp3) is 0.400. The lowest BCUT2D eigenvalue weighted by molar-refractivity contribution is -0.164. The van der Waals surface area contributed by atoms with Crippen molar-refractivity contribution >= 4 is 0 Å². The largest absolute Gasteiger partial charge is 0.490 e. The Morgan fingerprint density at radius 1 is 0.568 bits per heavy atom. The van der Waals surface area contributed by atoms with Gasteiger partial charge in [0.05, 0.1) is 38.6 Å². The summed E-state index contributed by atoms with van der Waals surface area (Å²) in [5.41, 5.74) is -4.12. The van der Waals surface area contributed by atoms with Crippen LogP contribution in [0.1, 0.15) is 35.1 Å². The first-order valence-electron chi connectivity index (χ1n) is 13.5. The number of rotatable bonds is 14.